The molecular weight excluding hydrogens is 449 g/mol. The fourth-order valence-electron chi connectivity index (χ4n) is 5.74. The zero-order valence-electron chi connectivity index (χ0n) is 20.1. The van der Waals surface area contributed by atoms with Gasteiger partial charge in [0.2, 0.25) is 0 Å². The molecule has 0 bridgehead atoms. The molecule has 3 aromatic carbocycles. The highest BCUT2D eigenvalue weighted by molar-refractivity contribution is 6.32. The molecule has 0 atom stereocenters. The van der Waals surface area contributed by atoms with E-state index in [9.17, 15) is 9.18 Å². The number of ether oxygens (including phenoxy) is 1. The summed E-state index contributed by atoms with van der Waals surface area (Å²) >= 11 is 6.71. The molecule has 5 heteroatoms. The maximum Gasteiger partial charge on any atom is 0.254 e. The average Bonchev–Trinajstić information content (AvgIpc) is 3.29. The molecule has 3 nitrogen and oxygen atoms in total. The molecule has 2 heterocycles. The van der Waals surface area contributed by atoms with Crippen molar-refractivity contribution in [1.82, 2.24) is 4.90 Å². The van der Waals surface area contributed by atoms with Gasteiger partial charge in [0.25, 0.3) is 5.91 Å². The Bertz CT molecular complexity index is 1330. The highest BCUT2D eigenvalue weighted by Gasteiger charge is 2.31. The number of fused-ring (bicyclic) bond motifs is 2. The summed E-state index contributed by atoms with van der Waals surface area (Å²) < 4.78 is 19.6. The third-order valence-electron chi connectivity index (χ3n) is 7.51. The first-order valence-electron chi connectivity index (χ1n) is 12.0. The molecule has 34 heavy (non-hydrogen) atoms. The molecule has 0 N–H and O–H groups in total. The Morgan fingerprint density at radius 1 is 1.06 bits per heavy atom. The van der Waals surface area contributed by atoms with Crippen LogP contribution >= 0.6 is 11.6 Å². The molecule has 0 saturated carbocycles. The van der Waals surface area contributed by atoms with Gasteiger partial charge in [-0.15, -0.1) is 0 Å². The molecular formula is C29H29ClFNO2. The van der Waals surface area contributed by atoms with E-state index in [4.69, 9.17) is 16.3 Å². The van der Waals surface area contributed by atoms with E-state index in [0.717, 1.165) is 30.6 Å². The number of benzene rings is 3. The summed E-state index contributed by atoms with van der Waals surface area (Å²) in [7, 11) is 0. The van der Waals surface area contributed by atoms with E-state index in [1.165, 1.54) is 56.6 Å². The van der Waals surface area contributed by atoms with Crippen molar-refractivity contribution in [1.29, 1.82) is 0 Å². The largest absolute Gasteiger partial charge is 0.492 e. The number of amides is 1. The molecule has 0 fully saturated rings. The Morgan fingerprint density at radius 2 is 1.79 bits per heavy atom. The molecule has 0 unspecified atom stereocenters. The number of carbonyl (C=O) groups excluding carboxylic acids is 1. The predicted molar refractivity (Wildman–Crippen MR) is 134 cm³/mol. The fourth-order valence-corrected chi connectivity index (χ4v) is 6.01. The van der Waals surface area contributed by atoms with Crippen LogP contribution in [0.5, 0.6) is 5.75 Å². The molecule has 0 aromatic heterocycles. The van der Waals surface area contributed by atoms with Crippen molar-refractivity contribution in [3.8, 4) is 16.9 Å². The van der Waals surface area contributed by atoms with E-state index in [1.807, 2.05) is 4.90 Å². The van der Waals surface area contributed by atoms with Crippen LogP contribution in [0.25, 0.3) is 11.1 Å². The third kappa shape index (κ3) is 3.60. The molecule has 0 spiro atoms. The summed E-state index contributed by atoms with van der Waals surface area (Å²) in [6, 6.07) is 7.99. The van der Waals surface area contributed by atoms with Crippen molar-refractivity contribution >= 4 is 17.5 Å². The lowest BCUT2D eigenvalue weighted by Crippen LogP contribution is -2.25. The Hall–Kier alpha value is -2.85. The van der Waals surface area contributed by atoms with Crippen molar-refractivity contribution in [3.05, 3.63) is 85.7 Å². The van der Waals surface area contributed by atoms with Crippen molar-refractivity contribution in [2.45, 2.75) is 60.0 Å². The van der Waals surface area contributed by atoms with Crippen LogP contribution in [0.2, 0.25) is 5.02 Å². The van der Waals surface area contributed by atoms with Crippen molar-refractivity contribution in [2.24, 2.45) is 0 Å². The molecule has 5 rings (SSSR count). The van der Waals surface area contributed by atoms with E-state index in [1.54, 1.807) is 12.1 Å². The minimum atomic E-state index is -0.394. The summed E-state index contributed by atoms with van der Waals surface area (Å²) in [6.45, 7) is 10.4. The molecule has 0 radical (unpaired) electrons. The van der Waals surface area contributed by atoms with Crippen LogP contribution in [0.3, 0.4) is 0 Å². The number of halogens is 2. The second-order valence-electron chi connectivity index (χ2n) is 9.38. The van der Waals surface area contributed by atoms with Crippen LogP contribution in [0.1, 0.15) is 62.6 Å². The topological polar surface area (TPSA) is 29.5 Å². The van der Waals surface area contributed by atoms with Crippen molar-refractivity contribution in [3.63, 3.8) is 0 Å². The lowest BCUT2D eigenvalue weighted by Gasteiger charge is -2.26. The van der Waals surface area contributed by atoms with Gasteiger partial charge in [0.1, 0.15) is 11.6 Å². The van der Waals surface area contributed by atoms with Gasteiger partial charge in [-0.1, -0.05) is 24.6 Å². The van der Waals surface area contributed by atoms with Gasteiger partial charge in [-0.2, -0.15) is 0 Å². The van der Waals surface area contributed by atoms with Crippen LogP contribution in [0, 0.1) is 26.6 Å². The minimum Gasteiger partial charge on any atom is -0.492 e. The van der Waals surface area contributed by atoms with Crippen LogP contribution < -0.4 is 4.74 Å². The minimum absolute atomic E-state index is 0.140. The standard InChI is InChI=1S/C29H29ClFNO2/c1-5-21-16(2)24-14-32(29(33)19-8-6-9-20(31)12-19)15-25(24)18(4)27(21)23-13-26(30)28-22(17(23)3)10-7-11-34-28/h6,8-9,12-13H,5,7,10-11,14-15H2,1-4H3. The molecule has 176 valence electrons. The summed E-state index contributed by atoms with van der Waals surface area (Å²) in [5, 5.41) is 0.665. The van der Waals surface area contributed by atoms with E-state index in [-0.39, 0.29) is 5.91 Å². The SMILES string of the molecule is CCc1c(C)c2c(c(C)c1-c1cc(Cl)c3c(c1C)CCCO3)CN(C(=O)c1cccc(F)c1)C2. The van der Waals surface area contributed by atoms with Crippen LogP contribution in [0.15, 0.2) is 30.3 Å². The van der Waals surface area contributed by atoms with Crippen LogP contribution in [-0.4, -0.2) is 17.4 Å². The average molecular weight is 478 g/mol. The first kappa shape index (κ1) is 22.9. The van der Waals surface area contributed by atoms with Gasteiger partial charge in [-0.05, 0) is 114 Å². The number of rotatable bonds is 3. The second-order valence-corrected chi connectivity index (χ2v) is 9.78. The zero-order valence-corrected chi connectivity index (χ0v) is 20.9. The van der Waals surface area contributed by atoms with E-state index >= 15 is 0 Å². The third-order valence-corrected chi connectivity index (χ3v) is 7.80. The first-order valence-corrected chi connectivity index (χ1v) is 12.3. The molecule has 0 aliphatic carbocycles. The van der Waals surface area contributed by atoms with Gasteiger partial charge in [0, 0.05) is 18.7 Å². The van der Waals surface area contributed by atoms with E-state index in [0.29, 0.717) is 30.3 Å². The Balaban J connectivity index is 1.63. The lowest BCUT2D eigenvalue weighted by atomic mass is 9.82. The van der Waals surface area contributed by atoms with Gasteiger partial charge in [0.05, 0.1) is 11.6 Å². The van der Waals surface area contributed by atoms with Crippen LogP contribution in [-0.2, 0) is 25.9 Å². The van der Waals surface area contributed by atoms with Gasteiger partial charge in [0.15, 0.2) is 0 Å². The van der Waals surface area contributed by atoms with E-state index in [2.05, 4.69) is 33.8 Å². The lowest BCUT2D eigenvalue weighted by molar-refractivity contribution is 0.0750. The van der Waals surface area contributed by atoms with Crippen molar-refractivity contribution < 1.29 is 13.9 Å². The molecule has 0 saturated heterocycles. The second kappa shape index (κ2) is 8.74. The highest BCUT2D eigenvalue weighted by atomic mass is 35.5. The molecule has 1 amide bonds. The monoisotopic (exact) mass is 477 g/mol. The quantitative estimate of drug-likeness (QED) is 0.402. The highest BCUT2D eigenvalue weighted by Crippen LogP contribution is 2.45. The fraction of sp³-hybridized carbons (Fsp3) is 0.345. The summed E-state index contributed by atoms with van der Waals surface area (Å²) in [4.78, 5) is 15.0. The van der Waals surface area contributed by atoms with Gasteiger partial charge < -0.3 is 9.64 Å². The molecule has 3 aromatic rings. The van der Waals surface area contributed by atoms with Crippen molar-refractivity contribution in [2.75, 3.05) is 6.61 Å². The number of hydrogen-bond donors (Lipinski definition) is 0. The van der Waals surface area contributed by atoms with Crippen LogP contribution in [0.4, 0.5) is 4.39 Å². The summed E-state index contributed by atoms with van der Waals surface area (Å²) in [6.07, 6.45) is 2.85. The maximum atomic E-state index is 13.7. The number of nitrogens with zero attached hydrogens (tertiary/aromatic N) is 1. The number of carbonyl (C=O) groups is 1. The molecule has 2 aliphatic heterocycles. The van der Waals surface area contributed by atoms with E-state index < -0.39 is 5.82 Å². The summed E-state index contributed by atoms with van der Waals surface area (Å²) in [5.74, 6) is 0.295. The number of hydrogen-bond acceptors (Lipinski definition) is 2. The predicted octanol–water partition coefficient (Wildman–Crippen LogP) is 7.11. The molecule has 2 aliphatic rings. The maximum absolute atomic E-state index is 13.7. The van der Waals surface area contributed by atoms with Gasteiger partial charge >= 0.3 is 0 Å². The Labute approximate surface area is 205 Å². The van der Waals surface area contributed by atoms with Gasteiger partial charge in [-0.25, -0.2) is 4.39 Å². The normalized spacial score (nSPS) is 14.6. The van der Waals surface area contributed by atoms with Gasteiger partial charge in [-0.3, -0.25) is 4.79 Å². The zero-order chi connectivity index (χ0) is 24.1. The smallest absolute Gasteiger partial charge is 0.254 e. The first-order chi connectivity index (χ1) is 16.3. The Morgan fingerprint density at radius 3 is 2.50 bits per heavy atom. The summed E-state index contributed by atoms with van der Waals surface area (Å²) in [5.41, 5.74) is 11.3. The Kier molecular flexibility index (Phi) is 5.89.